The van der Waals surface area contributed by atoms with Gasteiger partial charge in [0.25, 0.3) is 6.43 Å². The van der Waals surface area contributed by atoms with Crippen molar-refractivity contribution in [3.05, 3.63) is 59.8 Å². The van der Waals surface area contributed by atoms with E-state index in [1.807, 2.05) is 0 Å². The van der Waals surface area contributed by atoms with Gasteiger partial charge in [-0.3, -0.25) is 9.69 Å². The van der Waals surface area contributed by atoms with E-state index in [2.05, 4.69) is 10.3 Å². The highest BCUT2D eigenvalue weighted by Crippen LogP contribution is 2.34. The van der Waals surface area contributed by atoms with Gasteiger partial charge in [-0.2, -0.15) is 13.2 Å². The summed E-state index contributed by atoms with van der Waals surface area (Å²) >= 11 is 0. The number of nitrogens with zero attached hydrogens (tertiary/aromatic N) is 1. The number of likely N-dealkylation sites (tertiary alicyclic amines) is 1. The van der Waals surface area contributed by atoms with Crippen LogP contribution in [-0.2, 0) is 17.4 Å². The molecule has 2 aromatic carbocycles. The summed E-state index contributed by atoms with van der Waals surface area (Å²) in [5.74, 6) is 0.306. The standard InChI is InChI=1S/C24H24F5N3O2/c1-23(13-32(14-23)12-21(25)26)22(33)31-20-11-30-19-7-6-17(10-18(19)20)34-9-8-15-2-4-16(5-3-15)24(27,28)29/h2-7,10-11,21,30H,8-9,12-14H2,1H3,(H,31,33). The normalized spacial score (nSPS) is 16.0. The van der Waals surface area contributed by atoms with Gasteiger partial charge in [-0.05, 0) is 42.8 Å². The maximum atomic E-state index is 12.7. The average molecular weight is 481 g/mol. The predicted octanol–water partition coefficient (Wildman–Crippen LogP) is 5.33. The van der Waals surface area contributed by atoms with Crippen LogP contribution in [0.5, 0.6) is 5.75 Å². The Morgan fingerprint density at radius 1 is 1.18 bits per heavy atom. The van der Waals surface area contributed by atoms with Gasteiger partial charge in [-0.15, -0.1) is 0 Å². The van der Waals surface area contributed by atoms with Gasteiger partial charge in [0.15, 0.2) is 0 Å². The smallest absolute Gasteiger partial charge is 0.416 e. The quantitative estimate of drug-likeness (QED) is 0.428. The number of carbonyl (C=O) groups is 1. The molecule has 1 aliphatic heterocycles. The van der Waals surface area contributed by atoms with Gasteiger partial charge >= 0.3 is 6.18 Å². The molecule has 0 spiro atoms. The fourth-order valence-corrected chi connectivity index (χ4v) is 4.12. The molecule has 0 aliphatic carbocycles. The number of H-pyrrole nitrogens is 1. The number of rotatable bonds is 8. The van der Waals surface area contributed by atoms with Crippen molar-refractivity contribution >= 4 is 22.5 Å². The number of alkyl halides is 5. The van der Waals surface area contributed by atoms with Gasteiger partial charge in [0.2, 0.25) is 5.91 Å². The lowest BCUT2D eigenvalue weighted by atomic mass is 9.81. The molecule has 5 nitrogen and oxygen atoms in total. The SMILES string of the molecule is CC1(C(=O)Nc2c[nH]c3ccc(OCCc4ccc(C(F)(F)F)cc4)cc23)CN(CC(F)F)C1. The van der Waals surface area contributed by atoms with E-state index in [-0.39, 0.29) is 32.1 Å². The van der Waals surface area contributed by atoms with Crippen LogP contribution in [0.3, 0.4) is 0 Å². The fraction of sp³-hybridized carbons (Fsp3) is 0.375. The molecule has 1 amide bonds. The van der Waals surface area contributed by atoms with Gasteiger partial charge in [-0.25, -0.2) is 8.78 Å². The summed E-state index contributed by atoms with van der Waals surface area (Å²) in [7, 11) is 0. The number of aromatic nitrogens is 1. The maximum Gasteiger partial charge on any atom is 0.416 e. The summed E-state index contributed by atoms with van der Waals surface area (Å²) in [5.41, 5.74) is 0.625. The van der Waals surface area contributed by atoms with E-state index < -0.39 is 23.6 Å². The van der Waals surface area contributed by atoms with Gasteiger partial charge < -0.3 is 15.0 Å². The summed E-state index contributed by atoms with van der Waals surface area (Å²) < 4.78 is 68.8. The number of hydrogen-bond donors (Lipinski definition) is 2. The highest BCUT2D eigenvalue weighted by Gasteiger charge is 2.45. The van der Waals surface area contributed by atoms with E-state index in [4.69, 9.17) is 4.74 Å². The molecular formula is C24H24F5N3O2. The van der Waals surface area contributed by atoms with Gasteiger partial charge in [0, 0.05) is 36.6 Å². The Bertz CT molecular complexity index is 1150. The lowest BCUT2D eigenvalue weighted by Gasteiger charge is -2.46. The summed E-state index contributed by atoms with van der Waals surface area (Å²) in [6, 6.07) is 10.3. The first-order valence-corrected chi connectivity index (χ1v) is 10.8. The van der Waals surface area contributed by atoms with Gasteiger partial charge in [-0.1, -0.05) is 12.1 Å². The highest BCUT2D eigenvalue weighted by molar-refractivity contribution is 6.04. The minimum absolute atomic E-state index is 0.243. The van der Waals surface area contributed by atoms with Crippen LogP contribution >= 0.6 is 0 Å². The number of nitrogens with one attached hydrogen (secondary N) is 2. The van der Waals surface area contributed by atoms with E-state index in [9.17, 15) is 26.7 Å². The number of carbonyl (C=O) groups excluding carboxylic acids is 1. The highest BCUT2D eigenvalue weighted by atomic mass is 19.4. The lowest BCUT2D eigenvalue weighted by Crippen LogP contribution is -2.61. The molecule has 4 rings (SSSR count). The molecular weight excluding hydrogens is 457 g/mol. The Hall–Kier alpha value is -3.14. The molecule has 0 atom stereocenters. The molecule has 10 heteroatoms. The number of aromatic amines is 1. The molecule has 1 aliphatic rings. The van der Waals surface area contributed by atoms with E-state index in [1.165, 1.54) is 12.1 Å². The van der Waals surface area contributed by atoms with Crippen LogP contribution in [-0.4, -0.2) is 48.5 Å². The minimum atomic E-state index is -4.37. The molecule has 3 aromatic rings. The Labute approximate surface area is 192 Å². The van der Waals surface area contributed by atoms with Crippen molar-refractivity contribution in [3.63, 3.8) is 0 Å². The van der Waals surface area contributed by atoms with E-state index in [0.717, 1.165) is 28.6 Å². The Balaban J connectivity index is 1.35. The summed E-state index contributed by atoms with van der Waals surface area (Å²) in [6.07, 6.45) is -4.71. The van der Waals surface area contributed by atoms with Gasteiger partial charge in [0.05, 0.1) is 29.8 Å². The van der Waals surface area contributed by atoms with Crippen LogP contribution in [0.2, 0.25) is 0 Å². The molecule has 1 fully saturated rings. The number of halogens is 5. The van der Waals surface area contributed by atoms with Crippen molar-refractivity contribution in [2.75, 3.05) is 31.6 Å². The van der Waals surface area contributed by atoms with Crippen LogP contribution in [0.25, 0.3) is 10.9 Å². The topological polar surface area (TPSA) is 57.4 Å². The fourth-order valence-electron chi connectivity index (χ4n) is 4.12. The summed E-state index contributed by atoms with van der Waals surface area (Å²) in [6.45, 7) is 2.20. The molecule has 2 N–H and O–H groups in total. The van der Waals surface area contributed by atoms with Crippen molar-refractivity contribution in [2.24, 2.45) is 5.41 Å². The first-order chi connectivity index (χ1) is 16.0. The van der Waals surface area contributed by atoms with E-state index >= 15 is 0 Å². The zero-order valence-corrected chi connectivity index (χ0v) is 18.4. The molecule has 0 saturated carbocycles. The number of amides is 1. The second-order valence-corrected chi connectivity index (χ2v) is 8.78. The number of benzene rings is 2. The predicted molar refractivity (Wildman–Crippen MR) is 118 cm³/mol. The Kier molecular flexibility index (Phi) is 6.53. The third-order valence-electron chi connectivity index (χ3n) is 5.93. The molecule has 0 radical (unpaired) electrons. The van der Waals surface area contributed by atoms with Crippen LogP contribution in [0.1, 0.15) is 18.1 Å². The van der Waals surface area contributed by atoms with Crippen molar-refractivity contribution in [1.82, 2.24) is 9.88 Å². The molecule has 2 heterocycles. The summed E-state index contributed by atoms with van der Waals surface area (Å²) in [5, 5.41) is 3.61. The van der Waals surface area contributed by atoms with Crippen LogP contribution in [0, 0.1) is 5.41 Å². The lowest BCUT2D eigenvalue weighted by molar-refractivity contribution is -0.137. The molecule has 34 heavy (non-hydrogen) atoms. The number of hydrogen-bond acceptors (Lipinski definition) is 3. The Morgan fingerprint density at radius 2 is 1.88 bits per heavy atom. The van der Waals surface area contributed by atoms with Crippen molar-refractivity contribution in [2.45, 2.75) is 25.9 Å². The summed E-state index contributed by atoms with van der Waals surface area (Å²) in [4.78, 5) is 17.4. The van der Waals surface area contributed by atoms with E-state index in [0.29, 0.717) is 17.9 Å². The molecule has 0 bridgehead atoms. The van der Waals surface area contributed by atoms with E-state index in [1.54, 1.807) is 36.2 Å². The minimum Gasteiger partial charge on any atom is -0.493 e. The van der Waals surface area contributed by atoms with Crippen LogP contribution in [0.15, 0.2) is 48.7 Å². The molecule has 182 valence electrons. The van der Waals surface area contributed by atoms with Crippen LogP contribution < -0.4 is 10.1 Å². The molecule has 1 saturated heterocycles. The zero-order chi connectivity index (χ0) is 24.5. The second-order valence-electron chi connectivity index (χ2n) is 8.78. The van der Waals surface area contributed by atoms with Crippen LogP contribution in [0.4, 0.5) is 27.6 Å². The monoisotopic (exact) mass is 481 g/mol. The second kappa shape index (κ2) is 9.25. The number of ether oxygens (including phenoxy) is 1. The average Bonchev–Trinajstić information content (AvgIpc) is 3.14. The third-order valence-corrected chi connectivity index (χ3v) is 5.93. The maximum absolute atomic E-state index is 12.7. The number of fused-ring (bicyclic) bond motifs is 1. The number of anilines is 1. The molecule has 0 unspecified atom stereocenters. The largest absolute Gasteiger partial charge is 0.493 e. The first kappa shape index (κ1) is 24.0. The zero-order valence-electron chi connectivity index (χ0n) is 18.4. The van der Waals surface area contributed by atoms with Crippen molar-refractivity contribution in [1.29, 1.82) is 0 Å². The van der Waals surface area contributed by atoms with Crippen molar-refractivity contribution < 1.29 is 31.5 Å². The first-order valence-electron chi connectivity index (χ1n) is 10.8. The Morgan fingerprint density at radius 3 is 2.53 bits per heavy atom. The third kappa shape index (κ3) is 5.32. The van der Waals surface area contributed by atoms with Crippen molar-refractivity contribution in [3.8, 4) is 5.75 Å². The van der Waals surface area contributed by atoms with Gasteiger partial charge in [0.1, 0.15) is 5.75 Å². The molecule has 1 aromatic heterocycles.